The molecule has 4 aliphatic carbocycles. The summed E-state index contributed by atoms with van der Waals surface area (Å²) in [4.78, 5) is 18.7. The highest BCUT2D eigenvalue weighted by molar-refractivity contribution is 5.81. The molecule has 1 amide bonds. The third-order valence-electron chi connectivity index (χ3n) is 7.58. The number of rotatable bonds is 4. The van der Waals surface area contributed by atoms with Gasteiger partial charge in [-0.1, -0.05) is 0 Å². The fourth-order valence-corrected chi connectivity index (χ4v) is 6.49. The predicted molar refractivity (Wildman–Crippen MR) is 103 cm³/mol. The number of pyridine rings is 1. The number of halogens is 3. The Hall–Kier alpha value is -1.67. The van der Waals surface area contributed by atoms with Gasteiger partial charge in [-0.15, -0.1) is 0 Å². The summed E-state index contributed by atoms with van der Waals surface area (Å²) in [5.41, 5.74) is -0.536. The molecule has 8 heteroatoms. The van der Waals surface area contributed by atoms with Crippen LogP contribution in [0.3, 0.4) is 0 Å². The van der Waals surface area contributed by atoms with Gasteiger partial charge in [-0.2, -0.15) is 13.2 Å². The second-order valence-electron chi connectivity index (χ2n) is 9.59. The topological polar surface area (TPSA) is 54.5 Å². The van der Waals surface area contributed by atoms with Crippen LogP contribution in [-0.2, 0) is 22.3 Å². The van der Waals surface area contributed by atoms with E-state index in [9.17, 15) is 18.0 Å². The number of ether oxygens (including phenoxy) is 1. The van der Waals surface area contributed by atoms with Crippen molar-refractivity contribution in [3.8, 4) is 0 Å². The van der Waals surface area contributed by atoms with Crippen LogP contribution in [0.5, 0.6) is 0 Å². The summed E-state index contributed by atoms with van der Waals surface area (Å²) in [6, 6.07) is 1.24. The third kappa shape index (κ3) is 3.96. The molecule has 1 saturated heterocycles. The Kier molecular flexibility index (Phi) is 5.25. The molecule has 1 aliphatic heterocycles. The molecule has 4 bridgehead atoms. The van der Waals surface area contributed by atoms with E-state index in [1.54, 1.807) is 0 Å². The van der Waals surface area contributed by atoms with E-state index in [1.165, 1.54) is 38.3 Å². The molecule has 5 aliphatic rings. The second kappa shape index (κ2) is 7.79. The molecule has 4 saturated carbocycles. The van der Waals surface area contributed by atoms with Crippen molar-refractivity contribution in [3.05, 3.63) is 29.6 Å². The van der Waals surface area contributed by atoms with Crippen LogP contribution in [0.2, 0.25) is 0 Å². The second-order valence-corrected chi connectivity index (χ2v) is 9.59. The zero-order valence-electron chi connectivity index (χ0n) is 16.9. The van der Waals surface area contributed by atoms with Crippen LogP contribution >= 0.6 is 0 Å². The van der Waals surface area contributed by atoms with Crippen molar-refractivity contribution in [3.63, 3.8) is 0 Å². The van der Waals surface area contributed by atoms with Crippen LogP contribution in [-0.4, -0.2) is 47.6 Å². The SMILES string of the molecule is O=C(NC1C2CC3CC(C2)CC1C3)C1CN(Cc2cnccc2C(F)(F)F)CCO1. The molecule has 6 rings (SSSR count). The van der Waals surface area contributed by atoms with Crippen molar-refractivity contribution in [2.24, 2.45) is 23.7 Å². The lowest BCUT2D eigenvalue weighted by atomic mass is 9.54. The number of alkyl halides is 3. The number of nitrogens with one attached hydrogen (secondary N) is 1. The summed E-state index contributed by atoms with van der Waals surface area (Å²) in [6.07, 6.45) is 3.61. The van der Waals surface area contributed by atoms with Crippen molar-refractivity contribution in [2.45, 2.75) is 57.0 Å². The number of carbonyl (C=O) groups excluding carboxylic acids is 1. The quantitative estimate of drug-likeness (QED) is 0.808. The number of morpholine rings is 1. The van der Waals surface area contributed by atoms with Gasteiger partial charge < -0.3 is 10.1 Å². The van der Waals surface area contributed by atoms with Gasteiger partial charge in [0.2, 0.25) is 0 Å². The van der Waals surface area contributed by atoms with Crippen LogP contribution in [0.1, 0.15) is 43.2 Å². The van der Waals surface area contributed by atoms with E-state index in [2.05, 4.69) is 10.3 Å². The number of carbonyl (C=O) groups is 1. The molecule has 30 heavy (non-hydrogen) atoms. The summed E-state index contributed by atoms with van der Waals surface area (Å²) < 4.78 is 45.5. The molecule has 1 unspecified atom stereocenters. The van der Waals surface area contributed by atoms with Crippen molar-refractivity contribution in [2.75, 3.05) is 19.7 Å². The molecule has 1 N–H and O–H groups in total. The van der Waals surface area contributed by atoms with E-state index in [4.69, 9.17) is 4.74 Å². The van der Waals surface area contributed by atoms with Gasteiger partial charge in [-0.3, -0.25) is 14.7 Å². The maximum Gasteiger partial charge on any atom is 0.416 e. The number of hydrogen-bond acceptors (Lipinski definition) is 4. The van der Waals surface area contributed by atoms with Gasteiger partial charge in [0, 0.05) is 38.1 Å². The molecule has 5 nitrogen and oxygen atoms in total. The molecule has 0 aromatic carbocycles. The van der Waals surface area contributed by atoms with Gasteiger partial charge in [0.25, 0.3) is 5.91 Å². The summed E-state index contributed by atoms with van der Waals surface area (Å²) in [6.45, 7) is 1.23. The first-order chi connectivity index (χ1) is 14.4. The predicted octanol–water partition coefficient (Wildman–Crippen LogP) is 3.24. The number of amides is 1. The summed E-state index contributed by atoms with van der Waals surface area (Å²) in [5.74, 6) is 2.72. The van der Waals surface area contributed by atoms with Crippen LogP contribution in [0.25, 0.3) is 0 Å². The normalized spacial score (nSPS) is 36.1. The van der Waals surface area contributed by atoms with E-state index < -0.39 is 17.8 Å². The molecule has 164 valence electrons. The minimum absolute atomic E-state index is 0.105. The highest BCUT2D eigenvalue weighted by atomic mass is 19.4. The van der Waals surface area contributed by atoms with Gasteiger partial charge in [-0.05, 0) is 67.4 Å². The van der Waals surface area contributed by atoms with Crippen LogP contribution in [0.4, 0.5) is 13.2 Å². The van der Waals surface area contributed by atoms with Crippen molar-refractivity contribution < 1.29 is 22.7 Å². The Morgan fingerprint density at radius 1 is 1.17 bits per heavy atom. The van der Waals surface area contributed by atoms with Crippen LogP contribution < -0.4 is 5.32 Å². The third-order valence-corrected chi connectivity index (χ3v) is 7.58. The fourth-order valence-electron chi connectivity index (χ4n) is 6.49. The number of hydrogen-bond donors (Lipinski definition) is 1. The summed E-state index contributed by atoms with van der Waals surface area (Å²) >= 11 is 0. The first-order valence-electron chi connectivity index (χ1n) is 11.0. The maximum absolute atomic E-state index is 13.3. The van der Waals surface area contributed by atoms with E-state index in [0.717, 1.165) is 24.1 Å². The summed E-state index contributed by atoms with van der Waals surface area (Å²) in [5, 5.41) is 3.27. The lowest BCUT2D eigenvalue weighted by Crippen LogP contribution is -2.59. The average molecular weight is 423 g/mol. The minimum atomic E-state index is -4.42. The Labute approximate surface area is 174 Å². The van der Waals surface area contributed by atoms with Gasteiger partial charge in [0.05, 0.1) is 12.2 Å². The largest absolute Gasteiger partial charge is 0.416 e. The van der Waals surface area contributed by atoms with E-state index in [0.29, 0.717) is 31.5 Å². The molecular weight excluding hydrogens is 395 g/mol. The van der Waals surface area contributed by atoms with Crippen molar-refractivity contribution in [1.82, 2.24) is 15.2 Å². The van der Waals surface area contributed by atoms with Crippen molar-refractivity contribution in [1.29, 1.82) is 0 Å². The highest BCUT2D eigenvalue weighted by Gasteiger charge is 2.49. The molecule has 1 aromatic heterocycles. The smallest absolute Gasteiger partial charge is 0.366 e. The first-order valence-corrected chi connectivity index (χ1v) is 11.0. The van der Waals surface area contributed by atoms with E-state index in [1.807, 2.05) is 4.90 Å². The monoisotopic (exact) mass is 423 g/mol. The summed E-state index contributed by atoms with van der Waals surface area (Å²) in [7, 11) is 0. The lowest BCUT2D eigenvalue weighted by molar-refractivity contribution is -0.144. The van der Waals surface area contributed by atoms with Crippen LogP contribution in [0, 0.1) is 23.7 Å². The Morgan fingerprint density at radius 3 is 2.53 bits per heavy atom. The fraction of sp³-hybridized carbons (Fsp3) is 0.727. The zero-order valence-corrected chi connectivity index (χ0v) is 16.9. The number of aromatic nitrogens is 1. The van der Waals surface area contributed by atoms with E-state index >= 15 is 0 Å². The van der Waals surface area contributed by atoms with Gasteiger partial charge in [0.15, 0.2) is 0 Å². The maximum atomic E-state index is 13.3. The van der Waals surface area contributed by atoms with E-state index in [-0.39, 0.29) is 24.1 Å². The Balaban J connectivity index is 1.21. The molecule has 2 heterocycles. The molecule has 5 fully saturated rings. The van der Waals surface area contributed by atoms with Gasteiger partial charge >= 0.3 is 6.18 Å². The first kappa shape index (κ1) is 20.2. The molecule has 0 spiro atoms. The highest BCUT2D eigenvalue weighted by Crippen LogP contribution is 2.53. The average Bonchev–Trinajstić information content (AvgIpc) is 2.70. The van der Waals surface area contributed by atoms with Crippen molar-refractivity contribution >= 4 is 5.91 Å². The zero-order chi connectivity index (χ0) is 20.9. The minimum Gasteiger partial charge on any atom is -0.366 e. The van der Waals surface area contributed by atoms with Gasteiger partial charge in [-0.25, -0.2) is 0 Å². The number of nitrogens with zero attached hydrogens (tertiary/aromatic N) is 2. The lowest BCUT2D eigenvalue weighted by Gasteiger charge is -2.54. The molecule has 1 atom stereocenters. The Morgan fingerprint density at radius 2 is 1.87 bits per heavy atom. The molecule has 0 radical (unpaired) electrons. The standard InChI is InChI=1S/C22H28F3N3O2/c23-22(24,25)18-1-2-26-10-17(18)11-28-3-4-30-19(12-28)21(29)27-20-15-6-13-5-14(8-15)9-16(20)7-13/h1-2,10,13-16,19-20H,3-9,11-12H2,(H,27,29). The van der Waals surface area contributed by atoms with Crippen LogP contribution in [0.15, 0.2) is 18.5 Å². The molecule has 1 aromatic rings. The molecular formula is C22H28F3N3O2. The Bertz CT molecular complexity index is 772. The van der Waals surface area contributed by atoms with Gasteiger partial charge in [0.1, 0.15) is 6.10 Å².